The van der Waals surface area contributed by atoms with Gasteiger partial charge in [0.1, 0.15) is 0 Å². The quantitative estimate of drug-likeness (QED) is 0.0322. The third-order valence-corrected chi connectivity index (χ3v) is 12.0. The van der Waals surface area contributed by atoms with Crippen LogP contribution in [0.3, 0.4) is 0 Å². The predicted octanol–water partition coefficient (Wildman–Crippen LogP) is 15.5. The summed E-state index contributed by atoms with van der Waals surface area (Å²) >= 11 is 0. The molecular formula is C53H101NO5. The SMILES string of the molecule is CCCCCCCC/C=C\CCCCCCCCCCCC(=O)OCCCCCCCCCCCCCC(=O)NC(CO)C(O)/C=C/CCCCCCCCCCCC. The summed E-state index contributed by atoms with van der Waals surface area (Å²) in [5.74, 6) is -0.104. The molecule has 0 radical (unpaired) electrons. The average molecular weight is 832 g/mol. The third kappa shape index (κ3) is 45.7. The van der Waals surface area contributed by atoms with Crippen LogP contribution in [-0.4, -0.2) is 47.4 Å². The van der Waals surface area contributed by atoms with Crippen molar-refractivity contribution in [3.05, 3.63) is 24.3 Å². The highest BCUT2D eigenvalue weighted by Crippen LogP contribution is 2.15. The highest BCUT2D eigenvalue weighted by Gasteiger charge is 2.18. The fraction of sp³-hybridized carbons (Fsp3) is 0.887. The van der Waals surface area contributed by atoms with Gasteiger partial charge in [-0.15, -0.1) is 0 Å². The second-order valence-corrected chi connectivity index (χ2v) is 17.9. The molecule has 3 N–H and O–H groups in total. The van der Waals surface area contributed by atoms with Crippen molar-refractivity contribution in [2.45, 2.75) is 289 Å². The number of aliphatic hydroxyl groups is 2. The number of amides is 1. The van der Waals surface area contributed by atoms with Crippen molar-refractivity contribution in [1.82, 2.24) is 5.32 Å². The molecule has 0 saturated heterocycles. The largest absolute Gasteiger partial charge is 0.466 e. The molecular weight excluding hydrogens is 731 g/mol. The van der Waals surface area contributed by atoms with Gasteiger partial charge in [-0.05, 0) is 57.8 Å². The zero-order chi connectivity index (χ0) is 43.0. The number of ether oxygens (including phenoxy) is 1. The first-order chi connectivity index (χ1) is 29.0. The lowest BCUT2D eigenvalue weighted by Gasteiger charge is -2.20. The number of hydrogen-bond acceptors (Lipinski definition) is 5. The molecule has 0 aliphatic heterocycles. The molecule has 0 aliphatic rings. The Hall–Kier alpha value is -1.66. The van der Waals surface area contributed by atoms with Gasteiger partial charge in [0, 0.05) is 12.8 Å². The Labute approximate surface area is 367 Å². The first-order valence-electron chi connectivity index (χ1n) is 26.1. The van der Waals surface area contributed by atoms with Crippen LogP contribution < -0.4 is 5.32 Å². The molecule has 1 amide bonds. The number of carbonyl (C=O) groups is 2. The fourth-order valence-corrected chi connectivity index (χ4v) is 7.92. The topological polar surface area (TPSA) is 95.9 Å². The zero-order valence-electron chi connectivity index (χ0n) is 39.5. The summed E-state index contributed by atoms with van der Waals surface area (Å²) in [5.41, 5.74) is 0. The summed E-state index contributed by atoms with van der Waals surface area (Å²) in [6.45, 7) is 4.85. The van der Waals surface area contributed by atoms with Crippen molar-refractivity contribution < 1.29 is 24.5 Å². The van der Waals surface area contributed by atoms with E-state index in [9.17, 15) is 19.8 Å². The monoisotopic (exact) mass is 832 g/mol. The molecule has 6 heteroatoms. The Morgan fingerprint density at radius 1 is 0.458 bits per heavy atom. The number of nitrogens with one attached hydrogen (secondary N) is 1. The maximum atomic E-state index is 12.4. The van der Waals surface area contributed by atoms with Crippen molar-refractivity contribution in [1.29, 1.82) is 0 Å². The van der Waals surface area contributed by atoms with Gasteiger partial charge in [-0.1, -0.05) is 231 Å². The second kappa shape index (κ2) is 49.0. The van der Waals surface area contributed by atoms with Gasteiger partial charge in [-0.2, -0.15) is 0 Å². The highest BCUT2D eigenvalue weighted by molar-refractivity contribution is 5.76. The molecule has 59 heavy (non-hydrogen) atoms. The number of carbonyl (C=O) groups excluding carboxylic acids is 2. The van der Waals surface area contributed by atoms with E-state index in [1.54, 1.807) is 6.08 Å². The molecule has 0 aromatic rings. The van der Waals surface area contributed by atoms with Gasteiger partial charge < -0.3 is 20.3 Å². The molecule has 0 aromatic carbocycles. The summed E-state index contributed by atoms with van der Waals surface area (Å²) in [6.07, 6.45) is 57.5. The molecule has 0 heterocycles. The zero-order valence-corrected chi connectivity index (χ0v) is 39.5. The molecule has 0 spiro atoms. The minimum Gasteiger partial charge on any atom is -0.466 e. The van der Waals surface area contributed by atoms with Crippen LogP contribution in [0, 0.1) is 0 Å². The van der Waals surface area contributed by atoms with Gasteiger partial charge in [0.25, 0.3) is 0 Å². The fourth-order valence-electron chi connectivity index (χ4n) is 7.92. The van der Waals surface area contributed by atoms with Gasteiger partial charge >= 0.3 is 5.97 Å². The van der Waals surface area contributed by atoms with Crippen molar-refractivity contribution in [2.24, 2.45) is 0 Å². The Kier molecular flexibility index (Phi) is 47.6. The first-order valence-corrected chi connectivity index (χ1v) is 26.1. The van der Waals surface area contributed by atoms with Crippen LogP contribution in [0.2, 0.25) is 0 Å². The minimum atomic E-state index is -0.855. The molecule has 0 aliphatic carbocycles. The van der Waals surface area contributed by atoms with Crippen LogP contribution in [0.1, 0.15) is 277 Å². The van der Waals surface area contributed by atoms with Gasteiger partial charge in [-0.25, -0.2) is 0 Å². The van der Waals surface area contributed by atoms with E-state index in [1.807, 2.05) is 6.08 Å². The first kappa shape index (κ1) is 57.3. The number of aliphatic hydroxyl groups excluding tert-OH is 2. The summed E-state index contributed by atoms with van der Waals surface area (Å²) in [7, 11) is 0. The Balaban J connectivity index is 3.46. The number of esters is 1. The van der Waals surface area contributed by atoms with E-state index in [0.29, 0.717) is 19.4 Å². The number of allylic oxidation sites excluding steroid dienone is 3. The van der Waals surface area contributed by atoms with Crippen molar-refractivity contribution in [3.8, 4) is 0 Å². The number of unbranched alkanes of at least 4 members (excludes halogenated alkanes) is 35. The molecule has 2 atom stereocenters. The third-order valence-electron chi connectivity index (χ3n) is 12.0. The Morgan fingerprint density at radius 2 is 0.797 bits per heavy atom. The van der Waals surface area contributed by atoms with Gasteiger partial charge in [0.05, 0.1) is 25.4 Å². The Bertz CT molecular complexity index is 920. The van der Waals surface area contributed by atoms with E-state index in [0.717, 1.165) is 57.8 Å². The number of rotatable bonds is 48. The minimum absolute atomic E-state index is 0.0162. The van der Waals surface area contributed by atoms with Crippen LogP contribution in [0.15, 0.2) is 24.3 Å². The van der Waals surface area contributed by atoms with Gasteiger partial charge in [0.15, 0.2) is 0 Å². The van der Waals surface area contributed by atoms with Crippen LogP contribution in [-0.2, 0) is 14.3 Å². The summed E-state index contributed by atoms with van der Waals surface area (Å²) < 4.78 is 5.47. The van der Waals surface area contributed by atoms with E-state index in [4.69, 9.17) is 4.74 Å². The van der Waals surface area contributed by atoms with Crippen LogP contribution in [0.25, 0.3) is 0 Å². The van der Waals surface area contributed by atoms with Crippen molar-refractivity contribution >= 4 is 11.9 Å². The van der Waals surface area contributed by atoms with E-state index >= 15 is 0 Å². The molecule has 0 aromatic heterocycles. The van der Waals surface area contributed by atoms with Crippen molar-refractivity contribution in [2.75, 3.05) is 13.2 Å². The lowest BCUT2D eigenvalue weighted by molar-refractivity contribution is -0.143. The van der Waals surface area contributed by atoms with Crippen molar-refractivity contribution in [3.63, 3.8) is 0 Å². The molecule has 0 bridgehead atoms. The predicted molar refractivity (Wildman–Crippen MR) is 255 cm³/mol. The number of hydrogen-bond donors (Lipinski definition) is 3. The lowest BCUT2D eigenvalue weighted by Crippen LogP contribution is -2.45. The van der Waals surface area contributed by atoms with Gasteiger partial charge in [-0.3, -0.25) is 9.59 Å². The maximum Gasteiger partial charge on any atom is 0.305 e. The molecule has 348 valence electrons. The van der Waals surface area contributed by atoms with E-state index in [1.165, 1.54) is 193 Å². The average Bonchev–Trinajstić information content (AvgIpc) is 3.24. The molecule has 0 fully saturated rings. The van der Waals surface area contributed by atoms with Gasteiger partial charge in [0.2, 0.25) is 5.91 Å². The Morgan fingerprint density at radius 3 is 1.20 bits per heavy atom. The normalized spacial score (nSPS) is 12.8. The smallest absolute Gasteiger partial charge is 0.305 e. The van der Waals surface area contributed by atoms with E-state index in [-0.39, 0.29) is 18.5 Å². The standard InChI is InChI=1S/C53H101NO5/c1-3-5-7-9-11-13-15-17-18-19-20-21-22-23-27-31-35-39-43-47-53(58)59-48-44-40-36-32-28-24-26-30-34-38-42-46-52(57)54-50(49-55)51(56)45-41-37-33-29-25-16-14-12-10-8-6-4-2/h17-18,41,45,50-51,55-56H,3-16,19-40,42-44,46-49H2,1-2H3,(H,54,57)/b18-17-,45-41+. The summed E-state index contributed by atoms with van der Waals surface area (Å²) in [5, 5.41) is 23.0. The lowest BCUT2D eigenvalue weighted by atomic mass is 10.0. The molecule has 6 nitrogen and oxygen atoms in total. The molecule has 0 saturated carbocycles. The summed E-state index contributed by atoms with van der Waals surface area (Å²) in [4.78, 5) is 24.5. The maximum absolute atomic E-state index is 12.4. The molecule has 2 unspecified atom stereocenters. The van der Waals surface area contributed by atoms with Crippen LogP contribution >= 0.6 is 0 Å². The van der Waals surface area contributed by atoms with Crippen LogP contribution in [0.5, 0.6) is 0 Å². The second-order valence-electron chi connectivity index (χ2n) is 17.9. The highest BCUT2D eigenvalue weighted by atomic mass is 16.5. The molecule has 0 rings (SSSR count). The van der Waals surface area contributed by atoms with Crippen LogP contribution in [0.4, 0.5) is 0 Å². The van der Waals surface area contributed by atoms with E-state index < -0.39 is 12.1 Å². The summed E-state index contributed by atoms with van der Waals surface area (Å²) in [6, 6.07) is -0.640. The van der Waals surface area contributed by atoms with E-state index in [2.05, 4.69) is 31.3 Å².